The fraction of sp³-hybridized carbons (Fsp3) is 0.500. The van der Waals surface area contributed by atoms with Crippen LogP contribution >= 0.6 is 27.5 Å². The minimum absolute atomic E-state index is 0.0719. The summed E-state index contributed by atoms with van der Waals surface area (Å²) in [7, 11) is -1.93. The summed E-state index contributed by atoms with van der Waals surface area (Å²) in [5, 5.41) is 2.98. The van der Waals surface area contributed by atoms with Gasteiger partial charge in [-0.1, -0.05) is 11.6 Å². The molecule has 0 spiro atoms. The fourth-order valence-electron chi connectivity index (χ4n) is 2.30. The van der Waals surface area contributed by atoms with E-state index in [0.29, 0.717) is 13.1 Å². The van der Waals surface area contributed by atoms with Crippen LogP contribution in [0.2, 0.25) is 5.02 Å². The van der Waals surface area contributed by atoms with Crippen LogP contribution in [0, 0.1) is 5.82 Å². The van der Waals surface area contributed by atoms with Crippen molar-refractivity contribution >= 4 is 37.6 Å². The van der Waals surface area contributed by atoms with E-state index in [4.69, 9.17) is 11.6 Å². The first kappa shape index (κ1) is 16.2. The van der Waals surface area contributed by atoms with Crippen molar-refractivity contribution in [3.63, 3.8) is 0 Å². The highest BCUT2D eigenvalue weighted by atomic mass is 79.9. The van der Waals surface area contributed by atoms with Crippen molar-refractivity contribution in [1.82, 2.24) is 9.62 Å². The number of sulfonamides is 1. The molecule has 1 aromatic carbocycles. The van der Waals surface area contributed by atoms with Crippen LogP contribution in [-0.4, -0.2) is 38.9 Å². The number of piperidine rings is 1. The molecule has 8 heteroatoms. The molecular formula is C12H15BrClFN2O2S. The van der Waals surface area contributed by atoms with Crippen LogP contribution in [0.1, 0.15) is 12.8 Å². The highest BCUT2D eigenvalue weighted by Gasteiger charge is 2.32. The molecule has 0 amide bonds. The Morgan fingerprint density at radius 3 is 2.80 bits per heavy atom. The fourth-order valence-corrected chi connectivity index (χ4v) is 5.57. The molecule has 0 radical (unpaired) electrons. The van der Waals surface area contributed by atoms with Crippen molar-refractivity contribution < 1.29 is 12.8 Å². The van der Waals surface area contributed by atoms with Gasteiger partial charge < -0.3 is 5.32 Å². The lowest BCUT2D eigenvalue weighted by molar-refractivity contribution is 0.292. The summed E-state index contributed by atoms with van der Waals surface area (Å²) in [6.45, 7) is 0.833. The molecule has 20 heavy (non-hydrogen) atoms. The van der Waals surface area contributed by atoms with Crippen LogP contribution in [0.3, 0.4) is 0 Å². The SMILES string of the molecule is CNC1CCCN(S(=O)(=O)c2c(Cl)cc(F)cc2Br)C1. The van der Waals surface area contributed by atoms with E-state index in [0.717, 1.165) is 25.0 Å². The molecule has 1 aromatic rings. The lowest BCUT2D eigenvalue weighted by Crippen LogP contribution is -2.46. The highest BCUT2D eigenvalue weighted by molar-refractivity contribution is 9.10. The Hall–Kier alpha value is -0.210. The van der Waals surface area contributed by atoms with Crippen molar-refractivity contribution in [2.24, 2.45) is 0 Å². The summed E-state index contributed by atoms with van der Waals surface area (Å²) in [6.07, 6.45) is 1.71. The van der Waals surface area contributed by atoms with Crippen molar-refractivity contribution in [2.45, 2.75) is 23.8 Å². The second-order valence-electron chi connectivity index (χ2n) is 4.69. The van der Waals surface area contributed by atoms with Gasteiger partial charge in [-0.2, -0.15) is 4.31 Å². The minimum Gasteiger partial charge on any atom is -0.316 e. The lowest BCUT2D eigenvalue weighted by Gasteiger charge is -2.32. The van der Waals surface area contributed by atoms with Crippen LogP contribution in [0.25, 0.3) is 0 Å². The zero-order valence-electron chi connectivity index (χ0n) is 10.9. The van der Waals surface area contributed by atoms with E-state index in [1.165, 1.54) is 4.31 Å². The Morgan fingerprint density at radius 1 is 1.50 bits per heavy atom. The van der Waals surface area contributed by atoms with Gasteiger partial charge in [0.1, 0.15) is 10.7 Å². The monoisotopic (exact) mass is 384 g/mol. The molecule has 1 atom stereocenters. The normalized spacial score (nSPS) is 21.1. The number of nitrogens with zero attached hydrogens (tertiary/aromatic N) is 1. The van der Waals surface area contributed by atoms with Gasteiger partial charge in [0.25, 0.3) is 0 Å². The number of nitrogens with one attached hydrogen (secondary N) is 1. The molecule has 112 valence electrons. The maximum atomic E-state index is 13.2. The van der Waals surface area contributed by atoms with Gasteiger partial charge in [-0.25, -0.2) is 12.8 Å². The van der Waals surface area contributed by atoms with Crippen molar-refractivity contribution in [1.29, 1.82) is 0 Å². The van der Waals surface area contributed by atoms with E-state index in [2.05, 4.69) is 21.2 Å². The predicted octanol–water partition coefficient (Wildman–Crippen LogP) is 2.61. The van der Waals surface area contributed by atoms with Gasteiger partial charge in [0.2, 0.25) is 10.0 Å². The first-order chi connectivity index (χ1) is 9.36. The maximum absolute atomic E-state index is 13.2. The van der Waals surface area contributed by atoms with Crippen LogP contribution in [-0.2, 0) is 10.0 Å². The molecule has 0 aromatic heterocycles. The molecule has 1 saturated heterocycles. The summed E-state index contributed by atoms with van der Waals surface area (Å²) in [5.74, 6) is -0.576. The number of likely N-dealkylation sites (N-methyl/N-ethyl adjacent to an activating group) is 1. The summed E-state index contributed by atoms with van der Waals surface area (Å²) >= 11 is 9.00. The molecule has 4 nitrogen and oxygen atoms in total. The minimum atomic E-state index is -3.74. The standard InChI is InChI=1S/C12H15BrClFN2O2S/c1-16-9-3-2-4-17(7-9)20(18,19)12-10(13)5-8(15)6-11(12)14/h5-6,9,16H,2-4,7H2,1H3. The maximum Gasteiger partial charge on any atom is 0.245 e. The molecule has 0 aliphatic carbocycles. The number of halogens is 3. The van der Waals surface area contributed by atoms with E-state index in [-0.39, 0.29) is 20.4 Å². The predicted molar refractivity (Wildman–Crippen MR) is 80.0 cm³/mol. The Bertz CT molecular complexity index is 588. The molecule has 1 aliphatic rings. The zero-order valence-corrected chi connectivity index (χ0v) is 14.0. The van der Waals surface area contributed by atoms with Crippen molar-refractivity contribution in [3.8, 4) is 0 Å². The second-order valence-corrected chi connectivity index (χ2v) is 7.83. The number of hydrogen-bond donors (Lipinski definition) is 1. The van der Waals surface area contributed by atoms with E-state index < -0.39 is 15.8 Å². The largest absolute Gasteiger partial charge is 0.316 e. The van der Waals surface area contributed by atoms with Crippen LogP contribution in [0.5, 0.6) is 0 Å². The van der Waals surface area contributed by atoms with Gasteiger partial charge in [0.05, 0.1) is 5.02 Å². The Morgan fingerprint density at radius 2 is 2.20 bits per heavy atom. The van der Waals surface area contributed by atoms with Crippen LogP contribution in [0.4, 0.5) is 4.39 Å². The first-order valence-electron chi connectivity index (χ1n) is 6.18. The first-order valence-corrected chi connectivity index (χ1v) is 8.79. The van der Waals surface area contributed by atoms with Crippen LogP contribution < -0.4 is 5.32 Å². The average Bonchev–Trinajstić information content (AvgIpc) is 2.37. The third-order valence-electron chi connectivity index (χ3n) is 3.35. The summed E-state index contributed by atoms with van der Waals surface area (Å²) in [6, 6.07) is 2.24. The molecule has 1 fully saturated rings. The summed E-state index contributed by atoms with van der Waals surface area (Å²) in [5.41, 5.74) is 0. The number of hydrogen-bond acceptors (Lipinski definition) is 3. The molecule has 2 rings (SSSR count). The molecule has 1 N–H and O–H groups in total. The average molecular weight is 386 g/mol. The molecule has 1 heterocycles. The van der Waals surface area contributed by atoms with Gasteiger partial charge in [-0.3, -0.25) is 0 Å². The van der Waals surface area contributed by atoms with Crippen molar-refractivity contribution in [2.75, 3.05) is 20.1 Å². The van der Waals surface area contributed by atoms with Gasteiger partial charge >= 0.3 is 0 Å². The summed E-state index contributed by atoms with van der Waals surface area (Å²) < 4.78 is 40.1. The van der Waals surface area contributed by atoms with Crippen LogP contribution in [0.15, 0.2) is 21.5 Å². The summed E-state index contributed by atoms with van der Waals surface area (Å²) in [4.78, 5) is -0.0719. The Labute approximate surface area is 131 Å². The highest BCUT2D eigenvalue weighted by Crippen LogP contribution is 2.33. The van der Waals surface area contributed by atoms with Gasteiger partial charge in [-0.15, -0.1) is 0 Å². The smallest absolute Gasteiger partial charge is 0.245 e. The molecule has 1 aliphatic heterocycles. The molecule has 1 unspecified atom stereocenters. The van der Waals surface area contributed by atoms with Crippen molar-refractivity contribution in [3.05, 3.63) is 27.4 Å². The molecular weight excluding hydrogens is 371 g/mol. The number of benzene rings is 1. The van der Waals surface area contributed by atoms with Gasteiger partial charge in [0.15, 0.2) is 0 Å². The van der Waals surface area contributed by atoms with Gasteiger partial charge in [0, 0.05) is 23.6 Å². The number of rotatable bonds is 3. The molecule has 0 saturated carbocycles. The van der Waals surface area contributed by atoms with E-state index >= 15 is 0 Å². The molecule has 0 bridgehead atoms. The lowest BCUT2D eigenvalue weighted by atomic mass is 10.1. The third-order valence-corrected chi connectivity index (χ3v) is 6.62. The second kappa shape index (κ2) is 6.27. The zero-order chi connectivity index (χ0) is 14.9. The van der Waals surface area contributed by atoms with E-state index in [1.54, 1.807) is 0 Å². The van der Waals surface area contributed by atoms with Gasteiger partial charge in [-0.05, 0) is 48.0 Å². The Kier molecular flexibility index (Phi) is 5.07. The Balaban J connectivity index is 2.40. The third kappa shape index (κ3) is 3.17. The topological polar surface area (TPSA) is 49.4 Å². The van der Waals surface area contributed by atoms with E-state index in [9.17, 15) is 12.8 Å². The quantitative estimate of drug-likeness (QED) is 0.870. The van der Waals surface area contributed by atoms with E-state index in [1.807, 2.05) is 7.05 Å².